The summed E-state index contributed by atoms with van der Waals surface area (Å²) in [5, 5.41) is 3.08. The highest BCUT2D eigenvalue weighted by Gasteiger charge is 2.23. The number of amides is 1. The van der Waals surface area contributed by atoms with E-state index in [0.29, 0.717) is 13.1 Å². The van der Waals surface area contributed by atoms with Crippen LogP contribution in [0.1, 0.15) is 22.3 Å². The Kier molecular flexibility index (Phi) is 4.58. The molecule has 0 aliphatic carbocycles. The van der Waals surface area contributed by atoms with Crippen molar-refractivity contribution in [1.29, 1.82) is 0 Å². The number of para-hydroxylation sites is 1. The zero-order valence-corrected chi connectivity index (χ0v) is 14.6. The SMILES string of the molecule is Cc1cc(C)c(NC(=O)CN2CC(N)Cc3ccccc32)c(C)c1. The monoisotopic (exact) mass is 323 g/mol. The van der Waals surface area contributed by atoms with Gasteiger partial charge in [0.25, 0.3) is 0 Å². The van der Waals surface area contributed by atoms with Gasteiger partial charge in [-0.25, -0.2) is 0 Å². The van der Waals surface area contributed by atoms with E-state index < -0.39 is 0 Å². The molecule has 1 unspecified atom stereocenters. The van der Waals surface area contributed by atoms with Crippen molar-refractivity contribution in [3.8, 4) is 0 Å². The maximum atomic E-state index is 12.6. The molecule has 4 heteroatoms. The first kappa shape index (κ1) is 16.5. The molecule has 0 fully saturated rings. The second kappa shape index (κ2) is 6.65. The van der Waals surface area contributed by atoms with Gasteiger partial charge >= 0.3 is 0 Å². The second-order valence-corrected chi connectivity index (χ2v) is 6.80. The minimum absolute atomic E-state index is 0.00560. The van der Waals surface area contributed by atoms with Gasteiger partial charge in [0.2, 0.25) is 5.91 Å². The maximum absolute atomic E-state index is 12.6. The summed E-state index contributed by atoms with van der Waals surface area (Å²) in [5.74, 6) is -0.00560. The van der Waals surface area contributed by atoms with Gasteiger partial charge < -0.3 is 16.0 Å². The Balaban J connectivity index is 1.76. The van der Waals surface area contributed by atoms with E-state index in [1.807, 2.05) is 26.0 Å². The standard InChI is InChI=1S/C20H25N3O/c1-13-8-14(2)20(15(3)9-13)22-19(24)12-23-11-17(21)10-16-6-4-5-7-18(16)23/h4-9,17H,10-12,21H2,1-3H3,(H,22,24). The highest BCUT2D eigenvalue weighted by molar-refractivity contribution is 5.95. The number of nitrogens with one attached hydrogen (secondary N) is 1. The van der Waals surface area contributed by atoms with Crippen LogP contribution < -0.4 is 16.0 Å². The molecular weight excluding hydrogens is 298 g/mol. The Labute approximate surface area is 143 Å². The predicted octanol–water partition coefficient (Wildman–Crippen LogP) is 2.94. The van der Waals surface area contributed by atoms with Gasteiger partial charge in [-0.1, -0.05) is 35.9 Å². The topological polar surface area (TPSA) is 58.4 Å². The first-order chi connectivity index (χ1) is 11.4. The third kappa shape index (κ3) is 3.44. The summed E-state index contributed by atoms with van der Waals surface area (Å²) in [6.07, 6.45) is 0.866. The van der Waals surface area contributed by atoms with Crippen molar-refractivity contribution in [1.82, 2.24) is 0 Å². The number of benzene rings is 2. The van der Waals surface area contributed by atoms with E-state index in [-0.39, 0.29) is 11.9 Å². The predicted molar refractivity (Wildman–Crippen MR) is 99.6 cm³/mol. The summed E-state index contributed by atoms with van der Waals surface area (Å²) in [5.41, 5.74) is 12.8. The van der Waals surface area contributed by atoms with Gasteiger partial charge in [-0.2, -0.15) is 0 Å². The van der Waals surface area contributed by atoms with Gasteiger partial charge in [-0.3, -0.25) is 4.79 Å². The van der Waals surface area contributed by atoms with E-state index in [0.717, 1.165) is 28.9 Å². The summed E-state index contributed by atoms with van der Waals surface area (Å²) in [7, 11) is 0. The molecule has 0 spiro atoms. The molecule has 0 saturated heterocycles. The van der Waals surface area contributed by atoms with Crippen molar-refractivity contribution >= 4 is 17.3 Å². The van der Waals surface area contributed by atoms with E-state index in [1.165, 1.54) is 11.1 Å². The molecule has 3 N–H and O–H groups in total. The van der Waals surface area contributed by atoms with E-state index in [2.05, 4.69) is 41.4 Å². The average molecular weight is 323 g/mol. The molecule has 1 atom stereocenters. The highest BCUT2D eigenvalue weighted by atomic mass is 16.2. The molecule has 2 aromatic carbocycles. The lowest BCUT2D eigenvalue weighted by Gasteiger charge is -2.34. The quantitative estimate of drug-likeness (QED) is 0.913. The summed E-state index contributed by atoms with van der Waals surface area (Å²) in [6, 6.07) is 12.4. The number of rotatable bonds is 3. The summed E-state index contributed by atoms with van der Waals surface area (Å²) in [6.45, 7) is 7.15. The average Bonchev–Trinajstić information content (AvgIpc) is 2.50. The van der Waals surface area contributed by atoms with E-state index in [9.17, 15) is 4.79 Å². The molecule has 0 radical (unpaired) electrons. The van der Waals surface area contributed by atoms with Crippen molar-refractivity contribution in [3.05, 3.63) is 58.7 Å². The van der Waals surface area contributed by atoms with E-state index >= 15 is 0 Å². The molecule has 1 amide bonds. The van der Waals surface area contributed by atoms with E-state index in [4.69, 9.17) is 5.73 Å². The molecule has 0 saturated carbocycles. The highest BCUT2D eigenvalue weighted by Crippen LogP contribution is 2.27. The number of aryl methyl sites for hydroxylation is 3. The van der Waals surface area contributed by atoms with Crippen LogP contribution in [-0.4, -0.2) is 25.0 Å². The van der Waals surface area contributed by atoms with Crippen molar-refractivity contribution in [2.45, 2.75) is 33.2 Å². The molecule has 1 aliphatic rings. The van der Waals surface area contributed by atoms with Crippen LogP contribution >= 0.6 is 0 Å². The fraction of sp³-hybridized carbons (Fsp3) is 0.350. The summed E-state index contributed by atoms with van der Waals surface area (Å²) in [4.78, 5) is 14.7. The van der Waals surface area contributed by atoms with Gasteiger partial charge in [0.1, 0.15) is 0 Å². The number of nitrogens with two attached hydrogens (primary N) is 1. The zero-order chi connectivity index (χ0) is 17.3. The Morgan fingerprint density at radius 1 is 1.21 bits per heavy atom. The third-order valence-corrected chi connectivity index (χ3v) is 4.55. The Morgan fingerprint density at radius 2 is 1.88 bits per heavy atom. The molecular formula is C20H25N3O. The molecule has 4 nitrogen and oxygen atoms in total. The number of fused-ring (bicyclic) bond motifs is 1. The van der Waals surface area contributed by atoms with Crippen LogP contribution in [0.5, 0.6) is 0 Å². The number of carbonyl (C=O) groups excluding carboxylic acids is 1. The van der Waals surface area contributed by atoms with Crippen LogP contribution in [0.4, 0.5) is 11.4 Å². The van der Waals surface area contributed by atoms with Gasteiger partial charge in [0.05, 0.1) is 6.54 Å². The van der Waals surface area contributed by atoms with Crippen molar-refractivity contribution in [2.75, 3.05) is 23.3 Å². The number of hydrogen-bond donors (Lipinski definition) is 2. The minimum atomic E-state index is -0.00560. The molecule has 24 heavy (non-hydrogen) atoms. The molecule has 3 rings (SSSR count). The molecule has 0 bridgehead atoms. The van der Waals surface area contributed by atoms with Gasteiger partial charge in [0, 0.05) is 24.0 Å². The maximum Gasteiger partial charge on any atom is 0.243 e. The van der Waals surface area contributed by atoms with Crippen molar-refractivity contribution in [2.24, 2.45) is 5.73 Å². The van der Waals surface area contributed by atoms with Gasteiger partial charge in [0.15, 0.2) is 0 Å². The van der Waals surface area contributed by atoms with Crippen LogP contribution in [-0.2, 0) is 11.2 Å². The van der Waals surface area contributed by atoms with Crippen LogP contribution in [0.2, 0.25) is 0 Å². The fourth-order valence-electron chi connectivity index (χ4n) is 3.60. The summed E-state index contributed by atoms with van der Waals surface area (Å²) >= 11 is 0. The fourth-order valence-corrected chi connectivity index (χ4v) is 3.60. The van der Waals surface area contributed by atoms with Gasteiger partial charge in [-0.05, 0) is 49.9 Å². The Morgan fingerprint density at radius 3 is 2.58 bits per heavy atom. The second-order valence-electron chi connectivity index (χ2n) is 6.80. The van der Waals surface area contributed by atoms with Crippen LogP contribution in [0.15, 0.2) is 36.4 Å². The van der Waals surface area contributed by atoms with Crippen LogP contribution in [0, 0.1) is 20.8 Å². The largest absolute Gasteiger partial charge is 0.360 e. The first-order valence-corrected chi connectivity index (χ1v) is 8.40. The van der Waals surface area contributed by atoms with E-state index in [1.54, 1.807) is 0 Å². The normalized spacial score (nSPS) is 16.7. The van der Waals surface area contributed by atoms with Crippen molar-refractivity contribution < 1.29 is 4.79 Å². The molecule has 1 heterocycles. The smallest absolute Gasteiger partial charge is 0.243 e. The lowest BCUT2D eigenvalue weighted by molar-refractivity contribution is -0.115. The van der Waals surface area contributed by atoms with Crippen LogP contribution in [0.3, 0.4) is 0 Å². The first-order valence-electron chi connectivity index (χ1n) is 8.40. The minimum Gasteiger partial charge on any atom is -0.360 e. The Hall–Kier alpha value is -2.33. The zero-order valence-electron chi connectivity index (χ0n) is 14.6. The molecule has 126 valence electrons. The number of hydrogen-bond acceptors (Lipinski definition) is 3. The lowest BCUT2D eigenvalue weighted by atomic mass is 9.98. The lowest BCUT2D eigenvalue weighted by Crippen LogP contribution is -2.46. The Bertz CT molecular complexity index is 746. The molecule has 0 aromatic heterocycles. The van der Waals surface area contributed by atoms with Crippen molar-refractivity contribution in [3.63, 3.8) is 0 Å². The van der Waals surface area contributed by atoms with Crippen LogP contribution in [0.25, 0.3) is 0 Å². The number of anilines is 2. The summed E-state index contributed by atoms with van der Waals surface area (Å²) < 4.78 is 0. The molecule has 1 aliphatic heterocycles. The third-order valence-electron chi connectivity index (χ3n) is 4.55. The number of nitrogens with zero attached hydrogens (tertiary/aromatic N) is 1. The molecule has 2 aromatic rings. The van der Waals surface area contributed by atoms with Gasteiger partial charge in [-0.15, -0.1) is 0 Å². The number of carbonyl (C=O) groups is 1.